The fraction of sp³-hybridized carbons (Fsp3) is 0.250. The van der Waals surface area contributed by atoms with Crippen molar-refractivity contribution in [2.45, 2.75) is 10.1 Å². The van der Waals surface area contributed by atoms with Crippen LogP contribution in [-0.2, 0) is 14.6 Å². The van der Waals surface area contributed by atoms with Crippen LogP contribution in [-0.4, -0.2) is 32.0 Å². The van der Waals surface area contributed by atoms with E-state index in [2.05, 4.69) is 5.16 Å². The molecule has 2 N–H and O–H groups in total. The first kappa shape index (κ1) is 12.2. The number of anilines is 1. The highest BCUT2D eigenvalue weighted by Gasteiger charge is 2.35. The van der Waals surface area contributed by atoms with Gasteiger partial charge in [-0.3, -0.25) is 0 Å². The molecule has 0 radical (unpaired) electrons. The monoisotopic (exact) mass is 280 g/mol. The lowest BCUT2D eigenvalue weighted by molar-refractivity contribution is 0.0416. The van der Waals surface area contributed by atoms with Crippen molar-refractivity contribution in [2.24, 2.45) is 0 Å². The Labute approximate surface area is 110 Å². The normalized spacial score (nSPS) is 16.2. The molecule has 0 atom stereocenters. The minimum absolute atomic E-state index is 0.147. The van der Waals surface area contributed by atoms with Gasteiger partial charge in [-0.25, -0.2) is 8.42 Å². The van der Waals surface area contributed by atoms with Gasteiger partial charge in [-0.05, 0) is 6.07 Å². The van der Waals surface area contributed by atoms with E-state index in [1.807, 2.05) is 0 Å². The van der Waals surface area contributed by atoms with Gasteiger partial charge >= 0.3 is 0 Å². The van der Waals surface area contributed by atoms with Gasteiger partial charge in [0, 0.05) is 11.6 Å². The van der Waals surface area contributed by atoms with Crippen molar-refractivity contribution in [1.82, 2.24) is 5.16 Å². The maximum atomic E-state index is 12.4. The highest BCUT2D eigenvalue weighted by atomic mass is 32.2. The summed E-state index contributed by atoms with van der Waals surface area (Å²) in [6, 6.07) is 8.18. The van der Waals surface area contributed by atoms with E-state index in [0.29, 0.717) is 11.3 Å². The quantitative estimate of drug-likeness (QED) is 0.904. The molecule has 6 nitrogen and oxygen atoms in total. The number of benzene rings is 1. The molecule has 1 fully saturated rings. The van der Waals surface area contributed by atoms with Crippen molar-refractivity contribution in [3.05, 3.63) is 30.3 Å². The van der Waals surface area contributed by atoms with Crippen molar-refractivity contribution in [3.8, 4) is 11.3 Å². The fourth-order valence-electron chi connectivity index (χ4n) is 1.92. The maximum Gasteiger partial charge on any atom is 0.222 e. The van der Waals surface area contributed by atoms with E-state index < -0.39 is 15.1 Å². The molecule has 1 aliphatic rings. The molecule has 0 aliphatic carbocycles. The van der Waals surface area contributed by atoms with Gasteiger partial charge in [0.25, 0.3) is 0 Å². The summed E-state index contributed by atoms with van der Waals surface area (Å²) in [5.41, 5.74) is 6.38. The summed E-state index contributed by atoms with van der Waals surface area (Å²) in [6.07, 6.45) is 0. The average molecular weight is 280 g/mol. The van der Waals surface area contributed by atoms with E-state index in [4.69, 9.17) is 15.0 Å². The molecular weight excluding hydrogens is 268 g/mol. The van der Waals surface area contributed by atoms with Crippen LogP contribution in [0.25, 0.3) is 11.3 Å². The van der Waals surface area contributed by atoms with Crippen LogP contribution < -0.4 is 5.73 Å². The second kappa shape index (κ2) is 4.36. The van der Waals surface area contributed by atoms with E-state index in [1.165, 1.54) is 6.07 Å². The number of hydrogen-bond acceptors (Lipinski definition) is 6. The highest BCUT2D eigenvalue weighted by molar-refractivity contribution is 7.92. The fourth-order valence-corrected chi connectivity index (χ4v) is 3.57. The summed E-state index contributed by atoms with van der Waals surface area (Å²) < 4.78 is 34.6. The van der Waals surface area contributed by atoms with Crippen LogP contribution in [0.1, 0.15) is 0 Å². The molecule has 3 rings (SSSR count). The van der Waals surface area contributed by atoms with Crippen LogP contribution in [0.2, 0.25) is 0 Å². The first-order valence-corrected chi connectivity index (χ1v) is 7.27. The summed E-state index contributed by atoms with van der Waals surface area (Å²) in [7, 11) is -3.42. The topological polar surface area (TPSA) is 95.4 Å². The molecule has 100 valence electrons. The third kappa shape index (κ3) is 2.00. The summed E-state index contributed by atoms with van der Waals surface area (Å²) in [6.45, 7) is 0.468. The van der Waals surface area contributed by atoms with Crippen molar-refractivity contribution < 1.29 is 17.7 Å². The van der Waals surface area contributed by atoms with E-state index in [0.717, 1.165) is 0 Å². The lowest BCUT2D eigenvalue weighted by atomic mass is 10.1. The van der Waals surface area contributed by atoms with Gasteiger partial charge in [0.05, 0.1) is 18.1 Å². The minimum Gasteiger partial charge on any atom is -0.379 e. The van der Waals surface area contributed by atoms with Gasteiger partial charge in [0.1, 0.15) is 10.9 Å². The van der Waals surface area contributed by atoms with E-state index in [-0.39, 0.29) is 24.0 Å². The number of sulfone groups is 1. The van der Waals surface area contributed by atoms with Crippen molar-refractivity contribution in [2.75, 3.05) is 18.9 Å². The standard InChI is InChI=1S/C12H12N2O4S/c13-12-5-10(14-18-12)9-3-1-2-4-11(9)19(15,16)8-6-17-7-8/h1-5,8H,6-7,13H2. The second-order valence-electron chi connectivity index (χ2n) is 4.32. The van der Waals surface area contributed by atoms with Crippen molar-refractivity contribution in [1.29, 1.82) is 0 Å². The first-order chi connectivity index (χ1) is 9.09. The summed E-state index contributed by atoms with van der Waals surface area (Å²) in [5.74, 6) is 0.147. The lowest BCUT2D eigenvalue weighted by Crippen LogP contribution is -2.40. The third-order valence-corrected chi connectivity index (χ3v) is 5.16. The Morgan fingerprint density at radius 2 is 2.00 bits per heavy atom. The van der Waals surface area contributed by atoms with Gasteiger partial charge in [0.15, 0.2) is 9.84 Å². The molecule has 0 bridgehead atoms. The Morgan fingerprint density at radius 3 is 2.58 bits per heavy atom. The van der Waals surface area contributed by atoms with Gasteiger partial charge in [0.2, 0.25) is 5.88 Å². The number of ether oxygens (including phenoxy) is 1. The van der Waals surface area contributed by atoms with Gasteiger partial charge in [-0.1, -0.05) is 23.4 Å². The zero-order valence-electron chi connectivity index (χ0n) is 9.94. The van der Waals surface area contributed by atoms with Crippen LogP contribution in [0.5, 0.6) is 0 Å². The molecule has 19 heavy (non-hydrogen) atoms. The highest BCUT2D eigenvalue weighted by Crippen LogP contribution is 2.31. The van der Waals surface area contributed by atoms with Gasteiger partial charge < -0.3 is 15.0 Å². The summed E-state index contributed by atoms with van der Waals surface area (Å²) in [4.78, 5) is 0.233. The van der Waals surface area contributed by atoms with Crippen LogP contribution in [0.15, 0.2) is 39.8 Å². The van der Waals surface area contributed by atoms with Crippen LogP contribution >= 0.6 is 0 Å². The molecule has 7 heteroatoms. The molecule has 0 unspecified atom stereocenters. The molecule has 1 aromatic carbocycles. The number of hydrogen-bond donors (Lipinski definition) is 1. The molecule has 1 aliphatic heterocycles. The smallest absolute Gasteiger partial charge is 0.222 e. The Kier molecular flexibility index (Phi) is 2.79. The first-order valence-electron chi connectivity index (χ1n) is 5.72. The SMILES string of the molecule is Nc1cc(-c2ccccc2S(=O)(=O)C2COC2)no1. The van der Waals surface area contributed by atoms with Crippen LogP contribution in [0, 0.1) is 0 Å². The Morgan fingerprint density at radius 1 is 1.26 bits per heavy atom. The molecule has 0 amide bonds. The molecule has 1 aromatic heterocycles. The second-order valence-corrected chi connectivity index (χ2v) is 6.51. The van der Waals surface area contributed by atoms with Crippen LogP contribution in [0.4, 0.5) is 5.88 Å². The van der Waals surface area contributed by atoms with Crippen molar-refractivity contribution in [3.63, 3.8) is 0 Å². The summed E-state index contributed by atoms with van der Waals surface area (Å²) in [5, 5.41) is 3.28. The maximum absolute atomic E-state index is 12.4. The van der Waals surface area contributed by atoms with E-state index in [1.54, 1.807) is 24.3 Å². The molecule has 0 saturated carbocycles. The Balaban J connectivity index is 2.12. The number of rotatable bonds is 3. The van der Waals surface area contributed by atoms with Crippen LogP contribution in [0.3, 0.4) is 0 Å². The molecular formula is C12H12N2O4S. The predicted octanol–water partition coefficient (Wildman–Crippen LogP) is 1.10. The van der Waals surface area contributed by atoms with Gasteiger partial charge in [-0.2, -0.15) is 0 Å². The summed E-state index contributed by atoms with van der Waals surface area (Å²) >= 11 is 0. The lowest BCUT2D eigenvalue weighted by Gasteiger charge is -2.26. The van der Waals surface area contributed by atoms with Crippen molar-refractivity contribution >= 4 is 15.7 Å². The molecule has 1 saturated heterocycles. The minimum atomic E-state index is -3.42. The Hall–Kier alpha value is -1.86. The predicted molar refractivity (Wildman–Crippen MR) is 68.1 cm³/mol. The molecule has 0 spiro atoms. The zero-order valence-corrected chi connectivity index (χ0v) is 10.8. The number of nitrogens with two attached hydrogens (primary N) is 1. The molecule has 2 aromatic rings. The third-order valence-electron chi connectivity index (χ3n) is 3.04. The van der Waals surface area contributed by atoms with Gasteiger partial charge in [-0.15, -0.1) is 0 Å². The number of aromatic nitrogens is 1. The number of nitrogens with zero attached hydrogens (tertiary/aromatic N) is 1. The molecule has 2 heterocycles. The largest absolute Gasteiger partial charge is 0.379 e. The average Bonchev–Trinajstić information content (AvgIpc) is 2.73. The Bertz CT molecular complexity index is 704. The van der Waals surface area contributed by atoms with E-state index >= 15 is 0 Å². The number of nitrogen functional groups attached to an aromatic ring is 1. The van der Waals surface area contributed by atoms with E-state index in [9.17, 15) is 8.42 Å². The zero-order chi connectivity index (χ0) is 13.5.